The largest absolute Gasteiger partial charge is 0.349 e. The Morgan fingerprint density at radius 1 is 0.706 bits per heavy atom. The third-order valence-electron chi connectivity index (χ3n) is 7.84. The predicted octanol–water partition coefficient (Wildman–Crippen LogP) is 6.77. The van der Waals surface area contributed by atoms with Crippen LogP contribution in [0.1, 0.15) is 82.7 Å². The van der Waals surface area contributed by atoms with Crippen molar-refractivity contribution in [2.45, 2.75) is 56.9 Å². The topological polar surface area (TPSA) is 46.2 Å². The molecule has 0 spiro atoms. The smallest absolute Gasteiger partial charge is 0.251 e. The van der Waals surface area contributed by atoms with Crippen molar-refractivity contribution in [3.63, 3.8) is 0 Å². The van der Waals surface area contributed by atoms with Crippen LogP contribution in [-0.4, -0.2) is 17.7 Å². The van der Waals surface area contributed by atoms with Gasteiger partial charge in [-0.25, -0.2) is 0 Å². The predicted molar refractivity (Wildman–Crippen MR) is 136 cm³/mol. The summed E-state index contributed by atoms with van der Waals surface area (Å²) in [4.78, 5) is 26.3. The van der Waals surface area contributed by atoms with E-state index >= 15 is 0 Å². The molecule has 3 nitrogen and oxygen atoms in total. The molecule has 0 aromatic heterocycles. The Labute approximate surface area is 202 Å². The van der Waals surface area contributed by atoms with Gasteiger partial charge in [0.05, 0.1) is 0 Å². The fourth-order valence-corrected chi connectivity index (χ4v) is 5.84. The Kier molecular flexibility index (Phi) is 6.62. The van der Waals surface area contributed by atoms with Gasteiger partial charge in [0, 0.05) is 34.9 Å². The van der Waals surface area contributed by atoms with Gasteiger partial charge in [-0.2, -0.15) is 0 Å². The first-order valence-corrected chi connectivity index (χ1v) is 12.7. The van der Waals surface area contributed by atoms with E-state index in [9.17, 15) is 9.59 Å². The van der Waals surface area contributed by atoms with Gasteiger partial charge in [0.25, 0.3) is 5.91 Å². The number of amides is 1. The molecule has 2 saturated carbocycles. The molecular weight excluding hydrogens is 418 g/mol. The number of nitrogens with one attached hydrogen (secondary N) is 1. The molecule has 5 rings (SSSR count). The van der Waals surface area contributed by atoms with Crippen molar-refractivity contribution in [1.82, 2.24) is 5.32 Å². The molecule has 2 aliphatic rings. The lowest BCUT2D eigenvalue weighted by Crippen LogP contribution is -2.38. The molecule has 0 radical (unpaired) electrons. The van der Waals surface area contributed by atoms with E-state index < -0.39 is 0 Å². The zero-order valence-electron chi connectivity index (χ0n) is 19.8. The Bertz CT molecular complexity index is 1070. The molecule has 3 atom stereocenters. The van der Waals surface area contributed by atoms with Crippen LogP contribution in [0.5, 0.6) is 0 Å². The molecule has 2 fully saturated rings. The molecule has 174 valence electrons. The van der Waals surface area contributed by atoms with Gasteiger partial charge in [0.15, 0.2) is 5.78 Å². The van der Waals surface area contributed by atoms with E-state index in [4.69, 9.17) is 0 Å². The minimum atomic E-state index is -0.0733. The zero-order chi connectivity index (χ0) is 23.5. The first-order valence-electron chi connectivity index (χ1n) is 12.7. The average molecular weight is 452 g/mol. The number of ketones is 1. The second-order valence-corrected chi connectivity index (χ2v) is 10.0. The lowest BCUT2D eigenvalue weighted by atomic mass is 9.84. The number of hydrogen-bond donors (Lipinski definition) is 1. The molecule has 0 bridgehead atoms. The highest BCUT2D eigenvalue weighted by atomic mass is 16.1. The van der Waals surface area contributed by atoms with Crippen LogP contribution in [0, 0.1) is 11.8 Å². The minimum Gasteiger partial charge on any atom is -0.349 e. The molecule has 0 unspecified atom stereocenters. The van der Waals surface area contributed by atoms with Crippen LogP contribution in [-0.2, 0) is 0 Å². The number of Topliss-reactive ketones (excluding diaryl/α,β-unsaturated/α-hetero) is 1. The molecule has 0 aliphatic heterocycles. The average Bonchev–Trinajstić information content (AvgIpc) is 3.65. The lowest BCUT2D eigenvalue weighted by Gasteiger charge is -2.28. The third kappa shape index (κ3) is 4.70. The van der Waals surface area contributed by atoms with Gasteiger partial charge in [0.2, 0.25) is 0 Å². The molecule has 3 aromatic rings. The maximum absolute atomic E-state index is 13.5. The fourth-order valence-electron chi connectivity index (χ4n) is 5.84. The van der Waals surface area contributed by atoms with E-state index in [1.165, 1.54) is 43.2 Å². The minimum absolute atomic E-state index is 0.0483. The van der Waals surface area contributed by atoms with Crippen molar-refractivity contribution in [2.75, 3.05) is 0 Å². The van der Waals surface area contributed by atoms with Crippen LogP contribution in [0.2, 0.25) is 0 Å². The highest BCUT2D eigenvalue weighted by Gasteiger charge is 2.55. The normalized spacial score (nSPS) is 23.1. The number of rotatable bonds is 7. The fraction of sp³-hybridized carbons (Fsp3) is 0.355. The van der Waals surface area contributed by atoms with Gasteiger partial charge in [0.1, 0.15) is 0 Å². The van der Waals surface area contributed by atoms with E-state index in [0.717, 1.165) is 0 Å². The molecular formula is C31H33NO2. The molecule has 34 heavy (non-hydrogen) atoms. The zero-order valence-corrected chi connectivity index (χ0v) is 19.8. The Morgan fingerprint density at radius 2 is 1.21 bits per heavy atom. The van der Waals surface area contributed by atoms with Crippen molar-refractivity contribution in [3.05, 3.63) is 107 Å². The van der Waals surface area contributed by atoms with E-state index in [1.807, 2.05) is 48.5 Å². The highest BCUT2D eigenvalue weighted by Crippen LogP contribution is 2.61. The quantitative estimate of drug-likeness (QED) is 0.403. The van der Waals surface area contributed by atoms with Crippen molar-refractivity contribution in [2.24, 2.45) is 11.8 Å². The molecule has 2 aliphatic carbocycles. The van der Waals surface area contributed by atoms with Crippen LogP contribution < -0.4 is 5.32 Å². The van der Waals surface area contributed by atoms with Gasteiger partial charge in [-0.15, -0.1) is 0 Å². The van der Waals surface area contributed by atoms with Crippen molar-refractivity contribution in [3.8, 4) is 0 Å². The van der Waals surface area contributed by atoms with Crippen molar-refractivity contribution >= 4 is 11.7 Å². The van der Waals surface area contributed by atoms with Gasteiger partial charge < -0.3 is 5.32 Å². The molecule has 3 aromatic carbocycles. The van der Waals surface area contributed by atoms with Crippen LogP contribution in [0.4, 0.5) is 0 Å². The molecule has 0 heterocycles. The lowest BCUT2D eigenvalue weighted by molar-refractivity contribution is 0.0916. The Morgan fingerprint density at radius 3 is 1.74 bits per heavy atom. The Balaban J connectivity index is 1.29. The summed E-state index contributed by atoms with van der Waals surface area (Å²) in [5, 5.41) is 3.18. The summed E-state index contributed by atoms with van der Waals surface area (Å²) in [5.41, 5.74) is 3.72. The molecule has 1 N–H and O–H groups in total. The summed E-state index contributed by atoms with van der Waals surface area (Å²) in [7, 11) is 0. The summed E-state index contributed by atoms with van der Waals surface area (Å²) in [6, 6.07) is 28.1. The SMILES string of the molecule is C[C@H](NC(=O)c1ccc(C(=O)C2[C@H](c3ccccc3)[C@H]2c2ccccc2)cc1)C1CCCCC1. The summed E-state index contributed by atoms with van der Waals surface area (Å²) >= 11 is 0. The second kappa shape index (κ2) is 9.97. The van der Waals surface area contributed by atoms with Gasteiger partial charge in [-0.05, 0) is 48.9 Å². The maximum Gasteiger partial charge on any atom is 0.251 e. The maximum atomic E-state index is 13.5. The summed E-state index contributed by atoms with van der Waals surface area (Å²) in [6.45, 7) is 2.12. The van der Waals surface area contributed by atoms with Crippen molar-refractivity contribution < 1.29 is 9.59 Å². The summed E-state index contributed by atoms with van der Waals surface area (Å²) in [5.74, 6) is 0.984. The highest BCUT2D eigenvalue weighted by molar-refractivity contribution is 6.03. The second-order valence-electron chi connectivity index (χ2n) is 10.0. The third-order valence-corrected chi connectivity index (χ3v) is 7.84. The van der Waals surface area contributed by atoms with Crippen molar-refractivity contribution in [1.29, 1.82) is 0 Å². The van der Waals surface area contributed by atoms with Crippen LogP contribution in [0.3, 0.4) is 0 Å². The van der Waals surface area contributed by atoms with Gasteiger partial charge >= 0.3 is 0 Å². The number of carbonyl (C=O) groups excluding carboxylic acids is 2. The van der Waals surface area contributed by atoms with Crippen LogP contribution in [0.25, 0.3) is 0 Å². The molecule has 1 amide bonds. The molecule has 0 saturated heterocycles. The van der Waals surface area contributed by atoms with E-state index in [1.54, 1.807) is 12.1 Å². The number of carbonyl (C=O) groups is 2. The monoisotopic (exact) mass is 451 g/mol. The molecule has 3 heteroatoms. The summed E-state index contributed by atoms with van der Waals surface area (Å²) < 4.78 is 0. The van der Waals surface area contributed by atoms with Crippen LogP contribution >= 0.6 is 0 Å². The number of benzene rings is 3. The summed E-state index contributed by atoms with van der Waals surface area (Å²) in [6.07, 6.45) is 6.22. The van der Waals surface area contributed by atoms with Gasteiger partial charge in [-0.1, -0.05) is 92.1 Å². The Hall–Kier alpha value is -3.20. The van der Waals surface area contributed by atoms with E-state index in [0.29, 0.717) is 17.0 Å². The number of hydrogen-bond acceptors (Lipinski definition) is 2. The van der Waals surface area contributed by atoms with E-state index in [-0.39, 0.29) is 35.5 Å². The van der Waals surface area contributed by atoms with E-state index in [2.05, 4.69) is 36.5 Å². The van der Waals surface area contributed by atoms with Gasteiger partial charge in [-0.3, -0.25) is 9.59 Å². The first-order chi connectivity index (χ1) is 16.6. The first kappa shape index (κ1) is 22.6. The standard InChI is InChI=1S/C31H33NO2/c1-21(22-11-5-2-6-12-22)32-31(34)26-19-17-25(18-20-26)30(33)29-27(23-13-7-3-8-14-23)28(29)24-15-9-4-10-16-24/h3-4,7-10,13-22,27-29H,2,5-6,11-12H2,1H3,(H,32,34)/t21-,27+,28+/m0/s1. The van der Waals surface area contributed by atoms with Crippen LogP contribution in [0.15, 0.2) is 84.9 Å².